The maximum atomic E-state index is 11.3. The number of nitrogens with one attached hydrogen (secondary N) is 1. The van der Waals surface area contributed by atoms with Crippen molar-refractivity contribution in [3.05, 3.63) is 11.9 Å². The summed E-state index contributed by atoms with van der Waals surface area (Å²) < 4.78 is 1.57. The van der Waals surface area contributed by atoms with E-state index in [4.69, 9.17) is 5.11 Å². The zero-order valence-corrected chi connectivity index (χ0v) is 8.39. The molecule has 1 fully saturated rings. The summed E-state index contributed by atoms with van der Waals surface area (Å²) >= 11 is 0. The van der Waals surface area contributed by atoms with Crippen molar-refractivity contribution in [3.63, 3.8) is 0 Å². The van der Waals surface area contributed by atoms with Gasteiger partial charge in [-0.05, 0) is 12.8 Å². The Hall–Kier alpha value is -1.43. The van der Waals surface area contributed by atoms with Gasteiger partial charge in [0.05, 0.1) is 19.3 Å². The van der Waals surface area contributed by atoms with E-state index in [0.717, 1.165) is 12.8 Å². The molecule has 1 aliphatic carbocycles. The Balaban J connectivity index is 1.73. The Morgan fingerprint density at radius 1 is 1.67 bits per heavy atom. The molecule has 2 N–H and O–H groups in total. The summed E-state index contributed by atoms with van der Waals surface area (Å²) in [6.07, 6.45) is 4.25. The van der Waals surface area contributed by atoms with Gasteiger partial charge in [0.15, 0.2) is 0 Å². The molecule has 6 nitrogen and oxygen atoms in total. The molecule has 15 heavy (non-hydrogen) atoms. The first-order chi connectivity index (χ1) is 7.28. The SMILES string of the molecule is O=C(CCn1cc(CO)nn1)NC1CC1. The summed E-state index contributed by atoms with van der Waals surface area (Å²) in [6.45, 7) is 0.389. The predicted octanol–water partition coefficient (Wildman–Crippen LogP) is -0.561. The van der Waals surface area contributed by atoms with Crippen LogP contribution >= 0.6 is 0 Å². The lowest BCUT2D eigenvalue weighted by Crippen LogP contribution is -2.26. The van der Waals surface area contributed by atoms with E-state index in [1.165, 1.54) is 0 Å². The van der Waals surface area contributed by atoms with E-state index >= 15 is 0 Å². The normalized spacial score (nSPS) is 15.3. The van der Waals surface area contributed by atoms with E-state index in [-0.39, 0.29) is 12.5 Å². The Morgan fingerprint density at radius 2 is 2.47 bits per heavy atom. The molecule has 0 bridgehead atoms. The number of carbonyl (C=O) groups is 1. The first kappa shape index (κ1) is 10.1. The van der Waals surface area contributed by atoms with Crippen LogP contribution in [0, 0.1) is 0 Å². The number of hydrogen-bond acceptors (Lipinski definition) is 4. The standard InChI is InChI=1S/C9H14N4O2/c14-6-8-5-13(12-11-8)4-3-9(15)10-7-1-2-7/h5,7,14H,1-4,6H2,(H,10,15). The van der Waals surface area contributed by atoms with Crippen molar-refractivity contribution in [1.29, 1.82) is 0 Å². The highest BCUT2D eigenvalue weighted by Gasteiger charge is 2.22. The maximum Gasteiger partial charge on any atom is 0.222 e. The van der Waals surface area contributed by atoms with Crippen molar-refractivity contribution >= 4 is 5.91 Å². The zero-order valence-electron chi connectivity index (χ0n) is 8.39. The van der Waals surface area contributed by atoms with Crippen molar-refractivity contribution in [3.8, 4) is 0 Å². The molecule has 1 aliphatic rings. The van der Waals surface area contributed by atoms with Crippen LogP contribution in [0.2, 0.25) is 0 Å². The molecule has 1 amide bonds. The number of nitrogens with zero attached hydrogens (tertiary/aromatic N) is 3. The number of aryl methyl sites for hydroxylation is 1. The van der Waals surface area contributed by atoms with Gasteiger partial charge in [-0.2, -0.15) is 0 Å². The summed E-state index contributed by atoms with van der Waals surface area (Å²) in [5, 5.41) is 19.2. The lowest BCUT2D eigenvalue weighted by atomic mass is 10.4. The topological polar surface area (TPSA) is 80.0 Å². The predicted molar refractivity (Wildman–Crippen MR) is 51.7 cm³/mol. The van der Waals surface area contributed by atoms with E-state index in [1.54, 1.807) is 10.9 Å². The van der Waals surface area contributed by atoms with Gasteiger partial charge < -0.3 is 10.4 Å². The van der Waals surface area contributed by atoms with Crippen LogP contribution in [0.15, 0.2) is 6.20 Å². The Bertz CT molecular complexity index is 346. The molecular weight excluding hydrogens is 196 g/mol. The molecule has 6 heteroatoms. The molecule has 0 radical (unpaired) electrons. The minimum absolute atomic E-state index is 0.0542. The summed E-state index contributed by atoms with van der Waals surface area (Å²) in [7, 11) is 0. The third-order valence-corrected chi connectivity index (χ3v) is 2.26. The van der Waals surface area contributed by atoms with E-state index in [2.05, 4.69) is 15.6 Å². The highest BCUT2D eigenvalue weighted by atomic mass is 16.3. The average Bonchev–Trinajstić information content (AvgIpc) is 2.92. The van der Waals surface area contributed by atoms with Crippen LogP contribution in [0.4, 0.5) is 0 Å². The molecular formula is C9H14N4O2. The molecule has 0 spiro atoms. The number of amides is 1. The quantitative estimate of drug-likeness (QED) is 0.682. The second kappa shape index (κ2) is 4.39. The van der Waals surface area contributed by atoms with Crippen LogP contribution in [-0.2, 0) is 17.9 Å². The van der Waals surface area contributed by atoms with Crippen LogP contribution in [0.25, 0.3) is 0 Å². The monoisotopic (exact) mass is 210 g/mol. The number of hydrogen-bond donors (Lipinski definition) is 2. The third kappa shape index (κ3) is 3.02. The van der Waals surface area contributed by atoms with E-state index in [9.17, 15) is 4.79 Å². The fourth-order valence-electron chi connectivity index (χ4n) is 1.26. The third-order valence-electron chi connectivity index (χ3n) is 2.26. The molecule has 82 valence electrons. The number of aliphatic hydroxyl groups is 1. The second-order valence-corrected chi connectivity index (χ2v) is 3.72. The molecule has 1 heterocycles. The second-order valence-electron chi connectivity index (χ2n) is 3.72. The summed E-state index contributed by atoms with van der Waals surface area (Å²) in [4.78, 5) is 11.3. The molecule has 1 saturated carbocycles. The largest absolute Gasteiger partial charge is 0.390 e. The van der Waals surface area contributed by atoms with E-state index in [1.807, 2.05) is 0 Å². The van der Waals surface area contributed by atoms with Gasteiger partial charge in [0, 0.05) is 12.5 Å². The first-order valence-corrected chi connectivity index (χ1v) is 5.07. The van der Waals surface area contributed by atoms with Gasteiger partial charge in [-0.1, -0.05) is 5.21 Å². The van der Waals surface area contributed by atoms with Crippen LogP contribution in [-0.4, -0.2) is 32.0 Å². The average molecular weight is 210 g/mol. The Morgan fingerprint density at radius 3 is 3.07 bits per heavy atom. The smallest absolute Gasteiger partial charge is 0.222 e. The fraction of sp³-hybridized carbons (Fsp3) is 0.667. The molecule has 0 saturated heterocycles. The fourth-order valence-corrected chi connectivity index (χ4v) is 1.26. The number of rotatable bonds is 5. The van der Waals surface area contributed by atoms with Gasteiger partial charge in [-0.15, -0.1) is 5.10 Å². The minimum Gasteiger partial charge on any atom is -0.390 e. The van der Waals surface area contributed by atoms with Crippen molar-refractivity contribution < 1.29 is 9.90 Å². The highest BCUT2D eigenvalue weighted by molar-refractivity contribution is 5.76. The molecule has 0 aromatic carbocycles. The highest BCUT2D eigenvalue weighted by Crippen LogP contribution is 2.18. The van der Waals surface area contributed by atoms with Crippen LogP contribution < -0.4 is 5.32 Å². The van der Waals surface area contributed by atoms with Crippen molar-refractivity contribution in [1.82, 2.24) is 20.3 Å². The molecule has 0 aliphatic heterocycles. The minimum atomic E-state index is -0.117. The zero-order chi connectivity index (χ0) is 10.7. The number of aromatic nitrogens is 3. The van der Waals surface area contributed by atoms with Gasteiger partial charge in [-0.25, -0.2) is 0 Å². The van der Waals surface area contributed by atoms with Gasteiger partial charge >= 0.3 is 0 Å². The van der Waals surface area contributed by atoms with Gasteiger partial charge in [0.1, 0.15) is 5.69 Å². The van der Waals surface area contributed by atoms with Crippen LogP contribution in [0.1, 0.15) is 25.0 Å². The molecule has 1 aromatic heterocycles. The van der Waals surface area contributed by atoms with Crippen LogP contribution in [0.5, 0.6) is 0 Å². The van der Waals surface area contributed by atoms with E-state index < -0.39 is 0 Å². The summed E-state index contributed by atoms with van der Waals surface area (Å²) in [5.41, 5.74) is 0.526. The molecule has 1 aromatic rings. The Labute approximate surface area is 87.3 Å². The molecule has 0 unspecified atom stereocenters. The first-order valence-electron chi connectivity index (χ1n) is 5.07. The van der Waals surface area contributed by atoms with Gasteiger partial charge in [0.2, 0.25) is 5.91 Å². The van der Waals surface area contributed by atoms with Gasteiger partial charge in [-0.3, -0.25) is 9.48 Å². The molecule has 0 atom stereocenters. The van der Waals surface area contributed by atoms with E-state index in [0.29, 0.717) is 24.7 Å². The lowest BCUT2D eigenvalue weighted by Gasteiger charge is -2.02. The molecule has 2 rings (SSSR count). The maximum absolute atomic E-state index is 11.3. The van der Waals surface area contributed by atoms with Crippen molar-refractivity contribution in [2.75, 3.05) is 0 Å². The van der Waals surface area contributed by atoms with Crippen molar-refractivity contribution in [2.45, 2.75) is 38.5 Å². The number of aliphatic hydroxyl groups excluding tert-OH is 1. The Kier molecular flexibility index (Phi) is 2.96. The summed E-state index contributed by atoms with van der Waals surface area (Å²) in [5.74, 6) is 0.0542. The van der Waals surface area contributed by atoms with Gasteiger partial charge in [0.25, 0.3) is 0 Å². The van der Waals surface area contributed by atoms with Crippen LogP contribution in [0.3, 0.4) is 0 Å². The lowest BCUT2D eigenvalue weighted by molar-refractivity contribution is -0.121. The number of carbonyl (C=O) groups excluding carboxylic acids is 1. The van der Waals surface area contributed by atoms with Crippen molar-refractivity contribution in [2.24, 2.45) is 0 Å². The summed E-state index contributed by atoms with van der Waals surface area (Å²) in [6, 6.07) is 0.404.